The summed E-state index contributed by atoms with van der Waals surface area (Å²) in [5.41, 5.74) is 1.36. The summed E-state index contributed by atoms with van der Waals surface area (Å²) in [7, 11) is 2.91. The van der Waals surface area contributed by atoms with E-state index in [1.165, 1.54) is 35.8 Å². The highest BCUT2D eigenvalue weighted by Gasteiger charge is 2.14. The van der Waals surface area contributed by atoms with Gasteiger partial charge in [-0.05, 0) is 24.6 Å². The largest absolute Gasteiger partial charge is 0.494 e. The molecule has 2 aromatic rings. The molecular formula is C18H21FN2O5S. The van der Waals surface area contributed by atoms with Crippen LogP contribution in [0.3, 0.4) is 0 Å². The molecular weight excluding hydrogens is 375 g/mol. The van der Waals surface area contributed by atoms with Gasteiger partial charge in [-0.25, -0.2) is 4.39 Å². The highest BCUT2D eigenvalue weighted by Crippen LogP contribution is 2.18. The second-order valence-electron chi connectivity index (χ2n) is 5.92. The van der Waals surface area contributed by atoms with Gasteiger partial charge < -0.3 is 18.9 Å². The summed E-state index contributed by atoms with van der Waals surface area (Å²) in [6.07, 6.45) is -0.00182. The molecule has 0 fully saturated rings. The number of likely N-dealkylation sites (N-methyl/N-ethyl adjacent to an activating group) is 1. The number of methoxy groups -OCH3 is 1. The van der Waals surface area contributed by atoms with Crippen molar-refractivity contribution in [3.05, 3.63) is 50.3 Å². The molecule has 146 valence electrons. The molecule has 0 unspecified atom stereocenters. The first-order valence-electron chi connectivity index (χ1n) is 8.18. The van der Waals surface area contributed by atoms with E-state index < -0.39 is 24.3 Å². The molecule has 1 aromatic carbocycles. The minimum Gasteiger partial charge on any atom is -0.494 e. The first-order chi connectivity index (χ1) is 12.8. The zero-order valence-corrected chi connectivity index (χ0v) is 16.2. The maximum absolute atomic E-state index is 13.7. The number of hydrogen-bond acceptors (Lipinski definition) is 6. The Hall–Kier alpha value is -2.68. The molecule has 1 amide bonds. The molecule has 0 saturated carbocycles. The summed E-state index contributed by atoms with van der Waals surface area (Å²) >= 11 is 1.07. The molecule has 0 bridgehead atoms. The fraction of sp³-hybridized carbons (Fsp3) is 0.389. The molecule has 0 spiro atoms. The highest BCUT2D eigenvalue weighted by atomic mass is 32.1. The average Bonchev–Trinajstić information content (AvgIpc) is 2.96. The Morgan fingerprint density at radius 3 is 2.67 bits per heavy atom. The van der Waals surface area contributed by atoms with Crippen LogP contribution in [0, 0.1) is 12.7 Å². The normalized spacial score (nSPS) is 10.5. The number of hydrogen-bond donors (Lipinski definition) is 0. The van der Waals surface area contributed by atoms with Crippen molar-refractivity contribution < 1.29 is 23.5 Å². The van der Waals surface area contributed by atoms with Crippen LogP contribution in [-0.4, -0.2) is 42.1 Å². The topological polar surface area (TPSA) is 77.8 Å². The highest BCUT2D eigenvalue weighted by molar-refractivity contribution is 7.07. The van der Waals surface area contributed by atoms with E-state index in [0.29, 0.717) is 5.56 Å². The Morgan fingerprint density at radius 1 is 1.33 bits per heavy atom. The standard InChI is InChI=1S/C18H21FN2O5S/c1-12-11-27-18(24)21(12)7-6-17(23)26-10-16(22)20(2)9-13-4-5-15(25-3)14(19)8-13/h4-5,8,11H,6-7,9-10H2,1-3H3. The van der Waals surface area contributed by atoms with Crippen LogP contribution in [0.4, 0.5) is 4.39 Å². The number of benzene rings is 1. The maximum Gasteiger partial charge on any atom is 0.308 e. The Kier molecular flexibility index (Phi) is 7.12. The number of carbonyl (C=O) groups is 2. The molecule has 2 rings (SSSR count). The quantitative estimate of drug-likeness (QED) is 0.638. The van der Waals surface area contributed by atoms with Crippen molar-refractivity contribution in [1.82, 2.24) is 9.47 Å². The summed E-state index contributed by atoms with van der Waals surface area (Å²) in [6, 6.07) is 4.42. The predicted molar refractivity (Wildman–Crippen MR) is 98.3 cm³/mol. The van der Waals surface area contributed by atoms with E-state index in [9.17, 15) is 18.8 Å². The van der Waals surface area contributed by atoms with Crippen molar-refractivity contribution in [2.45, 2.75) is 26.4 Å². The molecule has 0 aliphatic carbocycles. The van der Waals surface area contributed by atoms with Crippen LogP contribution in [0.2, 0.25) is 0 Å². The summed E-state index contributed by atoms with van der Waals surface area (Å²) in [6.45, 7) is 1.75. The number of thiazole rings is 1. The van der Waals surface area contributed by atoms with Crippen molar-refractivity contribution in [3.63, 3.8) is 0 Å². The molecule has 27 heavy (non-hydrogen) atoms. The van der Waals surface area contributed by atoms with Gasteiger partial charge in [-0.1, -0.05) is 17.4 Å². The number of ether oxygens (including phenoxy) is 2. The lowest BCUT2D eigenvalue weighted by Crippen LogP contribution is -2.31. The van der Waals surface area contributed by atoms with Crippen molar-refractivity contribution in [1.29, 1.82) is 0 Å². The van der Waals surface area contributed by atoms with Crippen molar-refractivity contribution in [2.24, 2.45) is 0 Å². The molecule has 1 aromatic heterocycles. The molecule has 1 heterocycles. The average molecular weight is 396 g/mol. The number of halogens is 1. The third-order valence-electron chi connectivity index (χ3n) is 3.93. The number of nitrogens with zero attached hydrogens (tertiary/aromatic N) is 2. The van der Waals surface area contributed by atoms with E-state index in [2.05, 4.69) is 0 Å². The minimum absolute atomic E-state index is 0.00182. The summed E-state index contributed by atoms with van der Waals surface area (Å²) in [5.74, 6) is -1.36. The van der Waals surface area contributed by atoms with Gasteiger partial charge in [0.05, 0.1) is 13.5 Å². The zero-order valence-electron chi connectivity index (χ0n) is 15.4. The van der Waals surface area contributed by atoms with Gasteiger partial charge in [0.2, 0.25) is 0 Å². The Balaban J connectivity index is 1.79. The van der Waals surface area contributed by atoms with Gasteiger partial charge in [-0.15, -0.1) is 0 Å². The van der Waals surface area contributed by atoms with Crippen molar-refractivity contribution >= 4 is 23.2 Å². The number of carbonyl (C=O) groups excluding carboxylic acids is 2. The third kappa shape index (κ3) is 5.65. The van der Waals surface area contributed by atoms with E-state index >= 15 is 0 Å². The van der Waals surface area contributed by atoms with Gasteiger partial charge in [0, 0.05) is 31.2 Å². The number of aryl methyl sites for hydroxylation is 1. The van der Waals surface area contributed by atoms with Crippen molar-refractivity contribution in [2.75, 3.05) is 20.8 Å². The van der Waals surface area contributed by atoms with Gasteiger partial charge in [-0.2, -0.15) is 0 Å². The van der Waals surface area contributed by atoms with E-state index in [0.717, 1.165) is 17.0 Å². The lowest BCUT2D eigenvalue weighted by Gasteiger charge is -2.17. The summed E-state index contributed by atoms with van der Waals surface area (Å²) in [4.78, 5) is 36.6. The van der Waals surface area contributed by atoms with E-state index in [1.54, 1.807) is 18.4 Å². The lowest BCUT2D eigenvalue weighted by molar-refractivity contribution is -0.151. The Labute approximate surface area is 159 Å². The number of amides is 1. The fourth-order valence-corrected chi connectivity index (χ4v) is 3.13. The third-order valence-corrected chi connectivity index (χ3v) is 4.82. The van der Waals surface area contributed by atoms with E-state index in [1.807, 2.05) is 0 Å². The molecule has 7 nitrogen and oxygen atoms in total. The molecule has 0 saturated heterocycles. The molecule has 0 atom stereocenters. The number of aromatic nitrogens is 1. The predicted octanol–water partition coefficient (Wildman–Crippen LogP) is 1.96. The second-order valence-corrected chi connectivity index (χ2v) is 6.74. The molecule has 0 radical (unpaired) electrons. The van der Waals surface area contributed by atoms with Crippen LogP contribution >= 0.6 is 11.3 Å². The monoisotopic (exact) mass is 396 g/mol. The van der Waals surface area contributed by atoms with Crippen LogP contribution in [0.25, 0.3) is 0 Å². The van der Waals surface area contributed by atoms with Gasteiger partial charge in [-0.3, -0.25) is 14.4 Å². The zero-order chi connectivity index (χ0) is 20.0. The number of esters is 1. The molecule has 0 aliphatic heterocycles. The first-order valence-corrected chi connectivity index (χ1v) is 9.06. The number of rotatable bonds is 8. The lowest BCUT2D eigenvalue weighted by atomic mass is 10.2. The summed E-state index contributed by atoms with van der Waals surface area (Å²) in [5, 5.41) is 1.72. The second kappa shape index (κ2) is 9.31. The Morgan fingerprint density at radius 2 is 2.07 bits per heavy atom. The molecule has 0 N–H and O–H groups in total. The van der Waals surface area contributed by atoms with Crippen LogP contribution in [-0.2, 0) is 27.4 Å². The van der Waals surface area contributed by atoms with Gasteiger partial charge >= 0.3 is 10.8 Å². The van der Waals surface area contributed by atoms with Crippen LogP contribution < -0.4 is 9.61 Å². The minimum atomic E-state index is -0.565. The SMILES string of the molecule is COc1ccc(CN(C)C(=O)COC(=O)CCn2c(C)csc2=O)cc1F. The Bertz CT molecular complexity index is 877. The molecule has 0 aliphatic rings. The first kappa shape index (κ1) is 20.6. The fourth-order valence-electron chi connectivity index (χ4n) is 2.37. The van der Waals surface area contributed by atoms with Gasteiger partial charge in [0.15, 0.2) is 18.2 Å². The van der Waals surface area contributed by atoms with Crippen LogP contribution in [0.5, 0.6) is 5.75 Å². The van der Waals surface area contributed by atoms with Crippen molar-refractivity contribution in [3.8, 4) is 5.75 Å². The molecule has 9 heteroatoms. The van der Waals surface area contributed by atoms with E-state index in [-0.39, 0.29) is 30.1 Å². The van der Waals surface area contributed by atoms with Gasteiger partial charge in [0.25, 0.3) is 5.91 Å². The smallest absolute Gasteiger partial charge is 0.308 e. The van der Waals surface area contributed by atoms with Crippen LogP contribution in [0.15, 0.2) is 28.4 Å². The van der Waals surface area contributed by atoms with Crippen LogP contribution in [0.1, 0.15) is 17.7 Å². The van der Waals surface area contributed by atoms with Gasteiger partial charge in [0.1, 0.15) is 0 Å². The summed E-state index contributed by atoms with van der Waals surface area (Å²) < 4.78 is 25.0. The van der Waals surface area contributed by atoms with E-state index in [4.69, 9.17) is 9.47 Å². The maximum atomic E-state index is 13.7.